The minimum absolute atomic E-state index is 0.00829. The number of aliphatic hydroxyl groups excluding tert-OH is 3. The molecule has 0 rings (SSSR count). The number of hydrogen-bond acceptors (Lipinski definition) is 4. The molecule has 0 spiro atoms. The van der Waals surface area contributed by atoms with E-state index in [1.807, 2.05) is 6.08 Å². The third-order valence-corrected chi connectivity index (χ3v) is 14.9. The fourth-order valence-corrected chi connectivity index (χ4v) is 10.1. The van der Waals surface area contributed by atoms with Gasteiger partial charge in [0.15, 0.2) is 0 Å². The molecule has 0 aromatic carbocycles. The average Bonchev–Trinajstić information content (AvgIpc) is 3.36. The van der Waals surface area contributed by atoms with Crippen LogP contribution in [0.25, 0.3) is 0 Å². The molecule has 4 N–H and O–H groups in total. The van der Waals surface area contributed by atoms with Gasteiger partial charge in [-0.25, -0.2) is 0 Å². The van der Waals surface area contributed by atoms with E-state index in [2.05, 4.69) is 43.5 Å². The maximum atomic E-state index is 12.5. The smallest absolute Gasteiger partial charge is 0.222 e. The van der Waals surface area contributed by atoms with Gasteiger partial charge in [0.25, 0.3) is 0 Å². The highest BCUT2D eigenvalue weighted by molar-refractivity contribution is 5.76. The average molecular weight is 985 g/mol. The Kier molecular flexibility index (Phi) is 58.9. The van der Waals surface area contributed by atoms with Crippen LogP contribution in [0, 0.1) is 0 Å². The number of unbranched alkanes of at least 4 members (excludes halogenated alkanes) is 46. The van der Waals surface area contributed by atoms with Gasteiger partial charge in [-0.1, -0.05) is 320 Å². The number of allylic oxidation sites excluding steroid dienone is 5. The molecule has 0 saturated carbocycles. The predicted octanol–water partition coefficient (Wildman–Crippen LogP) is 20.2. The molecule has 0 heterocycles. The quantitative estimate of drug-likeness (QED) is 0.0361. The second-order valence-electron chi connectivity index (χ2n) is 22.0. The number of rotatable bonds is 59. The molecule has 0 aliphatic heterocycles. The third-order valence-electron chi connectivity index (χ3n) is 14.9. The lowest BCUT2D eigenvalue weighted by Crippen LogP contribution is -2.45. The second-order valence-corrected chi connectivity index (χ2v) is 22.0. The van der Waals surface area contributed by atoms with Crippen LogP contribution >= 0.6 is 0 Å². The number of carbonyl (C=O) groups excluding carboxylic acids is 1. The van der Waals surface area contributed by atoms with Crippen molar-refractivity contribution in [2.45, 2.75) is 366 Å². The molecule has 0 fully saturated rings. The molecule has 3 unspecified atom stereocenters. The van der Waals surface area contributed by atoms with Crippen molar-refractivity contribution in [3.63, 3.8) is 0 Å². The Labute approximate surface area is 438 Å². The summed E-state index contributed by atoms with van der Waals surface area (Å²) in [6.07, 6.45) is 79.4. The van der Waals surface area contributed by atoms with Gasteiger partial charge in [-0.3, -0.25) is 4.79 Å². The Morgan fingerprint density at radius 3 is 0.914 bits per heavy atom. The lowest BCUT2D eigenvalue weighted by atomic mass is 10.0. The van der Waals surface area contributed by atoms with E-state index in [4.69, 9.17) is 0 Å². The zero-order valence-electron chi connectivity index (χ0n) is 47.4. The minimum atomic E-state index is -0.952. The van der Waals surface area contributed by atoms with Gasteiger partial charge in [-0.2, -0.15) is 0 Å². The van der Waals surface area contributed by atoms with Gasteiger partial charge in [0.1, 0.15) is 0 Å². The molecular formula is C65H125NO4. The summed E-state index contributed by atoms with van der Waals surface area (Å²) in [5.41, 5.74) is 0. The summed E-state index contributed by atoms with van der Waals surface area (Å²) in [4.78, 5) is 12.5. The lowest BCUT2D eigenvalue weighted by Gasteiger charge is -2.21. The fraction of sp³-hybridized carbons (Fsp3) is 0.892. The van der Waals surface area contributed by atoms with Crippen LogP contribution in [-0.2, 0) is 4.79 Å². The number of amides is 1. The summed E-state index contributed by atoms with van der Waals surface area (Å²) >= 11 is 0. The molecule has 0 aromatic heterocycles. The highest BCUT2D eigenvalue weighted by atomic mass is 16.3. The summed E-state index contributed by atoms with van der Waals surface area (Å²) in [5, 5.41) is 33.5. The largest absolute Gasteiger partial charge is 0.394 e. The first-order chi connectivity index (χ1) is 34.5. The van der Waals surface area contributed by atoms with E-state index in [0.717, 1.165) is 32.1 Å². The zero-order chi connectivity index (χ0) is 50.7. The summed E-state index contributed by atoms with van der Waals surface area (Å²) in [5.74, 6) is -0.320. The van der Waals surface area contributed by atoms with Crippen LogP contribution in [-0.4, -0.2) is 46.1 Å². The normalized spacial score (nSPS) is 13.4. The molecule has 0 bridgehead atoms. The molecule has 414 valence electrons. The van der Waals surface area contributed by atoms with Crippen molar-refractivity contribution in [3.8, 4) is 0 Å². The number of hydrogen-bond donors (Lipinski definition) is 4. The van der Waals surface area contributed by atoms with E-state index >= 15 is 0 Å². The Morgan fingerprint density at radius 1 is 0.357 bits per heavy atom. The molecule has 0 aliphatic carbocycles. The summed E-state index contributed by atoms with van der Waals surface area (Å²) in [6, 6.07) is -0.762. The highest BCUT2D eigenvalue weighted by Gasteiger charge is 2.20. The van der Waals surface area contributed by atoms with Gasteiger partial charge >= 0.3 is 0 Å². The Balaban J connectivity index is 3.53. The van der Waals surface area contributed by atoms with Crippen molar-refractivity contribution in [1.82, 2.24) is 5.32 Å². The molecule has 3 atom stereocenters. The standard InChI is InChI=1S/C65H125NO4/c1-3-5-7-9-11-13-15-17-19-21-23-25-27-28-29-30-31-32-33-34-35-36-37-38-40-42-44-46-48-50-52-54-56-58-62(68)60-65(70)66-63(61-67)64(69)59-57-55-53-51-49-47-45-43-41-39-26-24-22-20-18-16-14-12-10-8-6-4-2/h30-31,49,51,57,59,62-64,67-69H,3-29,32-48,50,52-56,58,60-61H2,1-2H3,(H,66,70)/b31-30-,51-49+,59-57+. The van der Waals surface area contributed by atoms with Crippen LogP contribution in [0.5, 0.6) is 0 Å². The first-order valence-corrected chi connectivity index (χ1v) is 31.8. The van der Waals surface area contributed by atoms with Crippen molar-refractivity contribution in [1.29, 1.82) is 0 Å². The minimum Gasteiger partial charge on any atom is -0.394 e. The number of carbonyl (C=O) groups is 1. The summed E-state index contributed by atoms with van der Waals surface area (Å²) in [6.45, 7) is 4.25. The SMILES string of the molecule is CCCCCCCCCCCCCCCC/C=C\CCCCCCCCCCCCCCCCCC(O)CC(=O)NC(CO)C(O)/C=C/CC/C=C/CCCCCCCCCCCCCCCCCC. The van der Waals surface area contributed by atoms with Crippen LogP contribution < -0.4 is 5.32 Å². The van der Waals surface area contributed by atoms with Gasteiger partial charge in [-0.05, 0) is 57.8 Å². The van der Waals surface area contributed by atoms with E-state index in [0.29, 0.717) is 6.42 Å². The van der Waals surface area contributed by atoms with Gasteiger partial charge < -0.3 is 20.6 Å². The summed E-state index contributed by atoms with van der Waals surface area (Å²) < 4.78 is 0. The van der Waals surface area contributed by atoms with Gasteiger partial charge in [0, 0.05) is 0 Å². The number of nitrogens with one attached hydrogen (secondary N) is 1. The van der Waals surface area contributed by atoms with E-state index in [1.54, 1.807) is 6.08 Å². The molecule has 0 aromatic rings. The van der Waals surface area contributed by atoms with Gasteiger partial charge in [-0.15, -0.1) is 0 Å². The van der Waals surface area contributed by atoms with E-state index in [9.17, 15) is 20.1 Å². The Bertz CT molecular complexity index is 1090. The van der Waals surface area contributed by atoms with Crippen LogP contribution in [0.4, 0.5) is 0 Å². The molecule has 0 radical (unpaired) electrons. The van der Waals surface area contributed by atoms with Crippen LogP contribution in [0.2, 0.25) is 0 Å². The van der Waals surface area contributed by atoms with E-state index < -0.39 is 18.2 Å². The topological polar surface area (TPSA) is 89.8 Å². The van der Waals surface area contributed by atoms with Crippen molar-refractivity contribution in [3.05, 3.63) is 36.5 Å². The van der Waals surface area contributed by atoms with Crippen molar-refractivity contribution >= 4 is 5.91 Å². The van der Waals surface area contributed by atoms with Crippen molar-refractivity contribution < 1.29 is 20.1 Å². The lowest BCUT2D eigenvalue weighted by molar-refractivity contribution is -0.124. The fourth-order valence-electron chi connectivity index (χ4n) is 10.1. The molecule has 70 heavy (non-hydrogen) atoms. The maximum Gasteiger partial charge on any atom is 0.222 e. The Morgan fingerprint density at radius 2 is 0.614 bits per heavy atom. The highest BCUT2D eigenvalue weighted by Crippen LogP contribution is 2.18. The molecular weight excluding hydrogens is 859 g/mol. The predicted molar refractivity (Wildman–Crippen MR) is 310 cm³/mol. The zero-order valence-corrected chi connectivity index (χ0v) is 47.4. The molecule has 1 amide bonds. The van der Waals surface area contributed by atoms with Gasteiger partial charge in [0.2, 0.25) is 5.91 Å². The monoisotopic (exact) mass is 984 g/mol. The van der Waals surface area contributed by atoms with E-state index in [1.165, 1.54) is 289 Å². The maximum absolute atomic E-state index is 12.5. The van der Waals surface area contributed by atoms with E-state index in [-0.39, 0.29) is 18.9 Å². The first kappa shape index (κ1) is 68.6. The number of aliphatic hydroxyl groups is 3. The third kappa shape index (κ3) is 55.9. The first-order valence-electron chi connectivity index (χ1n) is 31.8. The van der Waals surface area contributed by atoms with Crippen LogP contribution in [0.3, 0.4) is 0 Å². The summed E-state index contributed by atoms with van der Waals surface area (Å²) in [7, 11) is 0. The van der Waals surface area contributed by atoms with Crippen LogP contribution in [0.1, 0.15) is 348 Å². The second kappa shape index (κ2) is 60.1. The molecule has 0 saturated heterocycles. The Hall–Kier alpha value is -1.43. The molecule has 5 heteroatoms. The van der Waals surface area contributed by atoms with Crippen molar-refractivity contribution in [2.75, 3.05) is 6.61 Å². The van der Waals surface area contributed by atoms with Crippen LogP contribution in [0.15, 0.2) is 36.5 Å². The molecule has 5 nitrogen and oxygen atoms in total. The molecule has 0 aliphatic rings. The van der Waals surface area contributed by atoms with Gasteiger partial charge in [0.05, 0.1) is 31.3 Å². The van der Waals surface area contributed by atoms with Crippen molar-refractivity contribution in [2.24, 2.45) is 0 Å².